The van der Waals surface area contributed by atoms with E-state index in [4.69, 9.17) is 4.74 Å². The average molecular weight is 320 g/mol. The van der Waals surface area contributed by atoms with Gasteiger partial charge in [0.05, 0.1) is 0 Å². The highest BCUT2D eigenvalue weighted by Crippen LogP contribution is 2.32. The molecule has 1 N–H and O–H groups in total. The zero-order valence-electron chi connectivity index (χ0n) is 11.4. The molecule has 0 fully saturated rings. The van der Waals surface area contributed by atoms with Gasteiger partial charge in [0.15, 0.2) is 0 Å². The largest absolute Gasteiger partial charge is 0.457 e. The van der Waals surface area contributed by atoms with Gasteiger partial charge in [-0.05, 0) is 45.2 Å². The first-order valence-electron chi connectivity index (χ1n) is 6.31. The lowest BCUT2D eigenvalue weighted by molar-refractivity contribution is 0.466. The van der Waals surface area contributed by atoms with E-state index in [0.29, 0.717) is 0 Å². The Morgan fingerprint density at radius 3 is 2.42 bits per heavy atom. The Bertz CT molecular complexity index is 551. The smallest absolute Gasteiger partial charge is 0.133 e. The van der Waals surface area contributed by atoms with Crippen LogP contribution in [0.2, 0.25) is 0 Å². The highest BCUT2D eigenvalue weighted by atomic mass is 79.9. The van der Waals surface area contributed by atoms with E-state index in [9.17, 15) is 0 Å². The summed E-state index contributed by atoms with van der Waals surface area (Å²) in [5, 5.41) is 3.24. The van der Waals surface area contributed by atoms with Crippen LogP contribution in [0.1, 0.15) is 24.1 Å². The van der Waals surface area contributed by atoms with E-state index in [0.717, 1.165) is 21.5 Å². The lowest BCUT2D eigenvalue weighted by Crippen LogP contribution is -2.13. The molecule has 0 spiro atoms. The Morgan fingerprint density at radius 2 is 1.79 bits per heavy atom. The van der Waals surface area contributed by atoms with Gasteiger partial charge < -0.3 is 10.1 Å². The number of aryl methyl sites for hydroxylation is 1. The molecule has 2 rings (SSSR count). The van der Waals surface area contributed by atoms with Crippen LogP contribution < -0.4 is 10.1 Å². The minimum absolute atomic E-state index is 0.244. The van der Waals surface area contributed by atoms with E-state index in [1.165, 1.54) is 5.56 Å². The molecule has 0 saturated carbocycles. The number of nitrogens with one attached hydrogen (secondary N) is 1. The Labute approximate surface area is 122 Å². The van der Waals surface area contributed by atoms with Crippen molar-refractivity contribution >= 4 is 15.9 Å². The second-order valence-electron chi connectivity index (χ2n) is 4.61. The molecule has 2 aromatic carbocycles. The molecule has 2 nitrogen and oxygen atoms in total. The lowest BCUT2D eigenvalue weighted by atomic mass is 10.1. The van der Waals surface area contributed by atoms with E-state index in [2.05, 4.69) is 53.3 Å². The summed E-state index contributed by atoms with van der Waals surface area (Å²) in [6, 6.07) is 14.4. The predicted molar refractivity (Wildman–Crippen MR) is 82.9 cm³/mol. The number of ether oxygens (including phenoxy) is 1. The maximum Gasteiger partial charge on any atom is 0.133 e. The molecule has 0 saturated heterocycles. The van der Waals surface area contributed by atoms with Crippen LogP contribution in [-0.2, 0) is 0 Å². The van der Waals surface area contributed by atoms with Gasteiger partial charge in [-0.3, -0.25) is 0 Å². The van der Waals surface area contributed by atoms with E-state index in [1.54, 1.807) is 0 Å². The third-order valence-electron chi connectivity index (χ3n) is 3.12. The van der Waals surface area contributed by atoms with Crippen molar-refractivity contribution < 1.29 is 4.74 Å². The molecule has 0 amide bonds. The van der Waals surface area contributed by atoms with Gasteiger partial charge >= 0.3 is 0 Å². The molecular weight excluding hydrogens is 302 g/mol. The molecule has 2 aromatic rings. The standard InChI is InChI=1S/C16H18BrNO/c1-11-4-7-14(8-5-11)19-16-10-13(17)6-9-15(16)12(2)18-3/h4-10,12,18H,1-3H3. The first-order chi connectivity index (χ1) is 9.10. The molecule has 1 atom stereocenters. The molecule has 0 aliphatic rings. The van der Waals surface area contributed by atoms with E-state index in [1.807, 2.05) is 31.3 Å². The van der Waals surface area contributed by atoms with Crippen LogP contribution in [0, 0.1) is 6.92 Å². The van der Waals surface area contributed by atoms with E-state index < -0.39 is 0 Å². The molecule has 0 bridgehead atoms. The summed E-state index contributed by atoms with van der Waals surface area (Å²) in [4.78, 5) is 0. The molecule has 0 aromatic heterocycles. The van der Waals surface area contributed by atoms with Gasteiger partial charge in [-0.1, -0.05) is 39.7 Å². The first kappa shape index (κ1) is 14.1. The lowest BCUT2D eigenvalue weighted by Gasteiger charge is -2.16. The number of hydrogen-bond donors (Lipinski definition) is 1. The molecule has 100 valence electrons. The summed E-state index contributed by atoms with van der Waals surface area (Å²) >= 11 is 3.49. The molecular formula is C16H18BrNO. The number of benzene rings is 2. The summed E-state index contributed by atoms with van der Waals surface area (Å²) in [5.74, 6) is 1.73. The Balaban J connectivity index is 2.32. The zero-order chi connectivity index (χ0) is 13.8. The summed E-state index contributed by atoms with van der Waals surface area (Å²) < 4.78 is 7.01. The fourth-order valence-corrected chi connectivity index (χ4v) is 2.18. The quantitative estimate of drug-likeness (QED) is 0.871. The van der Waals surface area contributed by atoms with Crippen molar-refractivity contribution in [1.29, 1.82) is 0 Å². The van der Waals surface area contributed by atoms with Crippen molar-refractivity contribution in [3.8, 4) is 11.5 Å². The molecule has 19 heavy (non-hydrogen) atoms. The second-order valence-corrected chi connectivity index (χ2v) is 5.52. The number of rotatable bonds is 4. The maximum atomic E-state index is 6.00. The van der Waals surface area contributed by atoms with Gasteiger partial charge in [0.1, 0.15) is 11.5 Å². The topological polar surface area (TPSA) is 21.3 Å². The zero-order valence-corrected chi connectivity index (χ0v) is 13.0. The number of hydrogen-bond acceptors (Lipinski definition) is 2. The van der Waals surface area contributed by atoms with E-state index in [-0.39, 0.29) is 6.04 Å². The summed E-state index contributed by atoms with van der Waals surface area (Å²) in [6.45, 7) is 4.18. The van der Waals surface area contributed by atoms with Crippen LogP contribution in [-0.4, -0.2) is 7.05 Å². The van der Waals surface area contributed by atoms with E-state index >= 15 is 0 Å². The summed E-state index contributed by atoms with van der Waals surface area (Å²) in [6.07, 6.45) is 0. The molecule has 0 aliphatic carbocycles. The number of halogens is 1. The Kier molecular flexibility index (Phi) is 4.61. The second kappa shape index (κ2) is 6.22. The van der Waals surface area contributed by atoms with Gasteiger partial charge in [0.25, 0.3) is 0 Å². The predicted octanol–water partition coefficient (Wildman–Crippen LogP) is 4.83. The van der Waals surface area contributed by atoms with Gasteiger partial charge in [-0.25, -0.2) is 0 Å². The minimum Gasteiger partial charge on any atom is -0.457 e. The van der Waals surface area contributed by atoms with Crippen molar-refractivity contribution in [3.63, 3.8) is 0 Å². The monoisotopic (exact) mass is 319 g/mol. The maximum absolute atomic E-state index is 6.00. The average Bonchev–Trinajstić information content (AvgIpc) is 2.41. The molecule has 1 unspecified atom stereocenters. The van der Waals surface area contributed by atoms with Gasteiger partial charge in [0, 0.05) is 16.1 Å². The van der Waals surface area contributed by atoms with Crippen molar-refractivity contribution in [2.45, 2.75) is 19.9 Å². The normalized spacial score (nSPS) is 12.2. The molecule has 0 radical (unpaired) electrons. The third-order valence-corrected chi connectivity index (χ3v) is 3.62. The van der Waals surface area contributed by atoms with Gasteiger partial charge in [-0.2, -0.15) is 0 Å². The first-order valence-corrected chi connectivity index (χ1v) is 7.10. The van der Waals surface area contributed by atoms with Crippen LogP contribution in [0.3, 0.4) is 0 Å². The molecule has 0 heterocycles. The van der Waals surface area contributed by atoms with Crippen molar-refractivity contribution in [2.24, 2.45) is 0 Å². The van der Waals surface area contributed by atoms with Crippen LogP contribution >= 0.6 is 15.9 Å². The van der Waals surface area contributed by atoms with Crippen LogP contribution in [0.25, 0.3) is 0 Å². The molecule has 0 aliphatic heterocycles. The SMILES string of the molecule is CNC(C)c1ccc(Br)cc1Oc1ccc(C)cc1. The van der Waals surface area contributed by atoms with Gasteiger partial charge in [0.2, 0.25) is 0 Å². The van der Waals surface area contributed by atoms with Crippen molar-refractivity contribution in [1.82, 2.24) is 5.32 Å². The fraction of sp³-hybridized carbons (Fsp3) is 0.250. The minimum atomic E-state index is 0.244. The summed E-state index contributed by atoms with van der Waals surface area (Å²) in [7, 11) is 1.95. The van der Waals surface area contributed by atoms with Crippen LogP contribution in [0.15, 0.2) is 46.9 Å². The van der Waals surface area contributed by atoms with Crippen molar-refractivity contribution in [3.05, 3.63) is 58.1 Å². The highest BCUT2D eigenvalue weighted by molar-refractivity contribution is 9.10. The third kappa shape index (κ3) is 3.58. The van der Waals surface area contributed by atoms with Gasteiger partial charge in [-0.15, -0.1) is 0 Å². The molecule has 3 heteroatoms. The van der Waals surface area contributed by atoms with Crippen LogP contribution in [0.4, 0.5) is 0 Å². The fourth-order valence-electron chi connectivity index (χ4n) is 1.84. The Hall–Kier alpha value is -1.32. The van der Waals surface area contributed by atoms with Crippen molar-refractivity contribution in [2.75, 3.05) is 7.05 Å². The summed E-state index contributed by atoms with van der Waals surface area (Å²) in [5.41, 5.74) is 2.37. The highest BCUT2D eigenvalue weighted by Gasteiger charge is 2.11. The van der Waals surface area contributed by atoms with Crippen LogP contribution in [0.5, 0.6) is 11.5 Å². The Morgan fingerprint density at radius 1 is 1.11 bits per heavy atom.